The van der Waals surface area contributed by atoms with Crippen molar-refractivity contribution >= 4 is 40.9 Å². The zero-order chi connectivity index (χ0) is 21.8. The van der Waals surface area contributed by atoms with Crippen LogP contribution in [0.15, 0.2) is 52.6 Å². The number of aliphatic hydroxyl groups excluding tert-OH is 1. The van der Waals surface area contributed by atoms with Crippen LogP contribution in [0.5, 0.6) is 0 Å². The highest BCUT2D eigenvalue weighted by atomic mass is 35.5. The van der Waals surface area contributed by atoms with Crippen molar-refractivity contribution in [3.63, 3.8) is 0 Å². The van der Waals surface area contributed by atoms with E-state index in [1.807, 2.05) is 13.8 Å². The third-order valence-electron chi connectivity index (χ3n) is 4.21. The molecule has 0 radical (unpaired) electrons. The molecule has 0 aliphatic heterocycles. The topological polar surface area (TPSA) is 77.2 Å². The number of aliphatic hydroxyl groups is 1. The first-order chi connectivity index (χ1) is 14.3. The van der Waals surface area contributed by atoms with Crippen LogP contribution in [0.25, 0.3) is 0 Å². The number of rotatable bonds is 7. The lowest BCUT2D eigenvalue weighted by Gasteiger charge is -2.16. The second-order valence-corrected chi connectivity index (χ2v) is 8.65. The van der Waals surface area contributed by atoms with Gasteiger partial charge in [0.1, 0.15) is 11.1 Å². The summed E-state index contributed by atoms with van der Waals surface area (Å²) in [5, 5.41) is 17.3. The normalized spacial score (nSPS) is 12.2. The molecule has 0 saturated carbocycles. The minimum absolute atomic E-state index is 0.0745. The Morgan fingerprint density at radius 2 is 1.83 bits per heavy atom. The van der Waals surface area contributed by atoms with Crippen molar-refractivity contribution in [2.45, 2.75) is 42.8 Å². The minimum atomic E-state index is -1.10. The largest absolute Gasteiger partial charge is 0.461 e. The molecule has 3 aromatic rings. The molecule has 1 N–H and O–H groups in total. The number of ether oxygens (including phenoxy) is 1. The Morgan fingerprint density at radius 3 is 2.40 bits per heavy atom. The summed E-state index contributed by atoms with van der Waals surface area (Å²) in [6, 6.07) is 8.48. The molecular weight excluding hydrogens is 445 g/mol. The first kappa shape index (κ1) is 22.6. The predicted molar refractivity (Wildman–Crippen MR) is 117 cm³/mol. The molecule has 2 heterocycles. The number of carbonyl (C=O) groups excluding carboxylic acids is 1. The van der Waals surface area contributed by atoms with Crippen LogP contribution in [0.4, 0.5) is 0 Å². The average molecular weight is 466 g/mol. The number of esters is 1. The second kappa shape index (κ2) is 9.83. The summed E-state index contributed by atoms with van der Waals surface area (Å²) < 4.78 is 6.90. The number of aromatic nitrogens is 3. The lowest BCUT2D eigenvalue weighted by Crippen LogP contribution is -2.11. The molecule has 0 fully saturated rings. The highest BCUT2D eigenvalue weighted by Gasteiger charge is 2.31. The van der Waals surface area contributed by atoms with E-state index in [1.165, 1.54) is 11.8 Å². The van der Waals surface area contributed by atoms with Crippen LogP contribution < -0.4 is 0 Å². The summed E-state index contributed by atoms with van der Waals surface area (Å²) in [4.78, 5) is 17.4. The fraction of sp³-hybridized carbons (Fsp3) is 0.286. The van der Waals surface area contributed by atoms with Gasteiger partial charge < -0.3 is 9.84 Å². The summed E-state index contributed by atoms with van der Waals surface area (Å²) in [7, 11) is 0. The second-order valence-electron chi connectivity index (χ2n) is 6.72. The Bertz CT molecular complexity index is 1020. The molecule has 0 aliphatic carbocycles. The smallest absolute Gasteiger partial charge is 0.359 e. The molecule has 0 aliphatic rings. The molecule has 9 heteroatoms. The highest BCUT2D eigenvalue weighted by Crippen LogP contribution is 2.40. The zero-order valence-corrected chi connectivity index (χ0v) is 19.0. The summed E-state index contributed by atoms with van der Waals surface area (Å²) in [6.07, 6.45) is 2.06. The van der Waals surface area contributed by atoms with Gasteiger partial charge in [-0.05, 0) is 56.7 Å². The number of hydrogen-bond acceptors (Lipinski definition) is 6. The van der Waals surface area contributed by atoms with E-state index in [1.54, 1.807) is 54.3 Å². The molecule has 0 amide bonds. The van der Waals surface area contributed by atoms with Crippen LogP contribution in [-0.2, 0) is 4.74 Å². The first-order valence-corrected chi connectivity index (χ1v) is 10.9. The fourth-order valence-electron chi connectivity index (χ4n) is 2.89. The van der Waals surface area contributed by atoms with Crippen molar-refractivity contribution in [3.8, 4) is 0 Å². The Hall–Kier alpha value is -2.06. The maximum Gasteiger partial charge on any atom is 0.359 e. The van der Waals surface area contributed by atoms with Gasteiger partial charge in [0.2, 0.25) is 0 Å². The van der Waals surface area contributed by atoms with E-state index in [2.05, 4.69) is 10.1 Å². The van der Waals surface area contributed by atoms with Crippen molar-refractivity contribution in [1.82, 2.24) is 14.8 Å². The Morgan fingerprint density at radius 1 is 1.20 bits per heavy atom. The third-order valence-corrected chi connectivity index (χ3v) is 5.71. The van der Waals surface area contributed by atoms with Gasteiger partial charge in [0.05, 0.1) is 12.2 Å². The molecule has 3 rings (SSSR count). The fourth-order valence-corrected chi connectivity index (χ4v) is 4.81. The molecule has 158 valence electrons. The van der Waals surface area contributed by atoms with Gasteiger partial charge in [-0.1, -0.05) is 35.0 Å². The number of pyridine rings is 1. The Balaban J connectivity index is 2.20. The van der Waals surface area contributed by atoms with Crippen molar-refractivity contribution in [3.05, 3.63) is 69.6 Å². The van der Waals surface area contributed by atoms with Gasteiger partial charge in [0.15, 0.2) is 5.69 Å². The SMILES string of the molecule is CCOC(=O)c1nn(C(C)C)c(Sc2cc(Cl)cc(Cl)c2)c1C(O)c1ccncc1. The average Bonchev–Trinajstić information content (AvgIpc) is 3.07. The summed E-state index contributed by atoms with van der Waals surface area (Å²) >= 11 is 13.7. The van der Waals surface area contributed by atoms with Crippen LogP contribution in [0.3, 0.4) is 0 Å². The monoisotopic (exact) mass is 465 g/mol. The molecule has 2 aromatic heterocycles. The molecule has 6 nitrogen and oxygen atoms in total. The van der Waals surface area contributed by atoms with Crippen LogP contribution in [0.2, 0.25) is 10.0 Å². The van der Waals surface area contributed by atoms with E-state index >= 15 is 0 Å². The van der Waals surface area contributed by atoms with Crippen molar-refractivity contribution in [1.29, 1.82) is 0 Å². The maximum absolute atomic E-state index is 12.7. The van der Waals surface area contributed by atoms with Crippen LogP contribution in [0.1, 0.15) is 54.5 Å². The predicted octanol–water partition coefficient (Wildman–Crippen LogP) is 5.58. The lowest BCUT2D eigenvalue weighted by molar-refractivity contribution is 0.0513. The van der Waals surface area contributed by atoms with Crippen LogP contribution >= 0.6 is 35.0 Å². The van der Waals surface area contributed by atoms with Gasteiger partial charge in [0, 0.05) is 33.4 Å². The first-order valence-electron chi connectivity index (χ1n) is 9.33. The van der Waals surface area contributed by atoms with E-state index in [0.717, 1.165) is 4.90 Å². The number of carbonyl (C=O) groups is 1. The Labute approximate surface area is 189 Å². The van der Waals surface area contributed by atoms with Gasteiger partial charge in [0.25, 0.3) is 0 Å². The molecule has 0 bridgehead atoms. The van der Waals surface area contributed by atoms with Gasteiger partial charge in [-0.3, -0.25) is 9.67 Å². The standard InChI is InChI=1S/C21H21Cl2N3O3S/c1-4-29-21(28)18-17(19(27)13-5-7-24-8-6-13)20(26(25-18)12(2)3)30-16-10-14(22)9-15(23)11-16/h5-12,19,27H,4H2,1-3H3. The van der Waals surface area contributed by atoms with Gasteiger partial charge in [-0.25, -0.2) is 4.79 Å². The van der Waals surface area contributed by atoms with E-state index in [4.69, 9.17) is 27.9 Å². The number of hydrogen-bond donors (Lipinski definition) is 1. The minimum Gasteiger partial charge on any atom is -0.461 e. The van der Waals surface area contributed by atoms with Gasteiger partial charge in [-0.15, -0.1) is 0 Å². The molecule has 1 atom stereocenters. The number of nitrogens with zero attached hydrogens (tertiary/aromatic N) is 3. The van der Waals surface area contributed by atoms with E-state index in [9.17, 15) is 9.90 Å². The summed E-state index contributed by atoms with van der Waals surface area (Å²) in [6.45, 7) is 5.81. The van der Waals surface area contributed by atoms with E-state index < -0.39 is 12.1 Å². The molecular formula is C21H21Cl2N3O3S. The third kappa shape index (κ3) is 4.98. The van der Waals surface area contributed by atoms with Crippen molar-refractivity contribution in [2.24, 2.45) is 0 Å². The summed E-state index contributed by atoms with van der Waals surface area (Å²) in [5.41, 5.74) is 1.03. The quantitative estimate of drug-likeness (QED) is 0.459. The number of halogens is 2. The van der Waals surface area contributed by atoms with E-state index in [0.29, 0.717) is 26.2 Å². The number of benzene rings is 1. The maximum atomic E-state index is 12.7. The molecule has 30 heavy (non-hydrogen) atoms. The van der Waals surface area contributed by atoms with E-state index in [-0.39, 0.29) is 18.3 Å². The molecule has 0 saturated heterocycles. The van der Waals surface area contributed by atoms with Crippen molar-refractivity contribution in [2.75, 3.05) is 6.61 Å². The van der Waals surface area contributed by atoms with Gasteiger partial charge >= 0.3 is 5.97 Å². The van der Waals surface area contributed by atoms with Crippen molar-refractivity contribution < 1.29 is 14.6 Å². The van der Waals surface area contributed by atoms with Crippen LogP contribution in [0, 0.1) is 0 Å². The lowest BCUT2D eigenvalue weighted by atomic mass is 10.0. The highest BCUT2D eigenvalue weighted by molar-refractivity contribution is 7.99. The zero-order valence-electron chi connectivity index (χ0n) is 16.7. The molecule has 1 aromatic carbocycles. The van der Waals surface area contributed by atoms with Gasteiger partial charge in [-0.2, -0.15) is 5.10 Å². The summed E-state index contributed by atoms with van der Waals surface area (Å²) in [5.74, 6) is -0.592. The molecule has 0 spiro atoms. The Kier molecular flexibility index (Phi) is 7.41. The van der Waals surface area contributed by atoms with Crippen LogP contribution in [-0.4, -0.2) is 32.4 Å². The molecule has 1 unspecified atom stereocenters.